The average Bonchev–Trinajstić information content (AvgIpc) is 2.79. The molecule has 0 spiro atoms. The standard InChI is InChI=1S/C15H27N3/c1-14(2,13-5-8-17-9-13)10-18-12-15(11-16-3)6-4-7-15/h5,8-9,16-18H,4,6-7,10-12H2,1-3H3. The van der Waals surface area contributed by atoms with Gasteiger partial charge >= 0.3 is 0 Å². The van der Waals surface area contributed by atoms with Crippen LogP contribution < -0.4 is 10.6 Å². The van der Waals surface area contributed by atoms with Gasteiger partial charge in [-0.05, 0) is 36.9 Å². The van der Waals surface area contributed by atoms with E-state index < -0.39 is 0 Å². The van der Waals surface area contributed by atoms with Gasteiger partial charge < -0.3 is 15.6 Å². The second kappa shape index (κ2) is 5.45. The van der Waals surface area contributed by atoms with E-state index in [4.69, 9.17) is 0 Å². The molecule has 3 nitrogen and oxygen atoms in total. The quantitative estimate of drug-likeness (QED) is 0.694. The van der Waals surface area contributed by atoms with Crippen molar-refractivity contribution in [2.75, 3.05) is 26.7 Å². The molecule has 0 aromatic carbocycles. The molecule has 3 N–H and O–H groups in total. The van der Waals surface area contributed by atoms with Crippen molar-refractivity contribution in [3.05, 3.63) is 24.0 Å². The van der Waals surface area contributed by atoms with Crippen molar-refractivity contribution in [3.8, 4) is 0 Å². The minimum Gasteiger partial charge on any atom is -0.367 e. The van der Waals surface area contributed by atoms with Crippen LogP contribution in [0.2, 0.25) is 0 Å². The summed E-state index contributed by atoms with van der Waals surface area (Å²) in [5.74, 6) is 0. The van der Waals surface area contributed by atoms with Crippen LogP contribution >= 0.6 is 0 Å². The average molecular weight is 249 g/mol. The molecule has 1 fully saturated rings. The van der Waals surface area contributed by atoms with E-state index in [2.05, 4.69) is 48.8 Å². The van der Waals surface area contributed by atoms with Crippen molar-refractivity contribution in [3.63, 3.8) is 0 Å². The molecule has 0 amide bonds. The molecule has 0 radical (unpaired) electrons. The summed E-state index contributed by atoms with van der Waals surface area (Å²) in [5.41, 5.74) is 2.10. The minimum atomic E-state index is 0.199. The number of H-pyrrole nitrogens is 1. The predicted octanol–water partition coefficient (Wildman–Crippen LogP) is 2.27. The molecule has 18 heavy (non-hydrogen) atoms. The summed E-state index contributed by atoms with van der Waals surface area (Å²) in [7, 11) is 2.06. The van der Waals surface area contributed by atoms with Crippen LogP contribution in [0.5, 0.6) is 0 Å². The van der Waals surface area contributed by atoms with Crippen molar-refractivity contribution in [1.29, 1.82) is 0 Å². The first-order valence-corrected chi connectivity index (χ1v) is 7.07. The Morgan fingerprint density at radius 1 is 1.33 bits per heavy atom. The smallest absolute Gasteiger partial charge is 0.00439 e. The molecule has 102 valence electrons. The summed E-state index contributed by atoms with van der Waals surface area (Å²) in [6, 6.07) is 2.17. The van der Waals surface area contributed by atoms with Crippen LogP contribution in [-0.2, 0) is 5.41 Å². The third-order valence-corrected chi connectivity index (χ3v) is 4.41. The highest BCUT2D eigenvalue weighted by Gasteiger charge is 2.36. The fraction of sp³-hybridized carbons (Fsp3) is 0.733. The zero-order valence-corrected chi connectivity index (χ0v) is 12.0. The Morgan fingerprint density at radius 3 is 2.61 bits per heavy atom. The lowest BCUT2D eigenvalue weighted by molar-refractivity contribution is 0.128. The molecule has 0 unspecified atom stereocenters. The largest absolute Gasteiger partial charge is 0.367 e. The van der Waals surface area contributed by atoms with Gasteiger partial charge in [-0.25, -0.2) is 0 Å². The topological polar surface area (TPSA) is 39.8 Å². The van der Waals surface area contributed by atoms with Crippen LogP contribution in [0.25, 0.3) is 0 Å². The molecule has 1 aliphatic carbocycles. The fourth-order valence-corrected chi connectivity index (χ4v) is 2.95. The first-order valence-electron chi connectivity index (χ1n) is 7.07. The van der Waals surface area contributed by atoms with Crippen LogP contribution in [0, 0.1) is 5.41 Å². The van der Waals surface area contributed by atoms with Gasteiger partial charge in [-0.1, -0.05) is 20.3 Å². The highest BCUT2D eigenvalue weighted by molar-refractivity contribution is 5.20. The molecule has 1 aromatic rings. The number of rotatable bonds is 7. The number of aromatic nitrogens is 1. The van der Waals surface area contributed by atoms with E-state index in [9.17, 15) is 0 Å². The Kier molecular flexibility index (Phi) is 4.13. The molecule has 1 saturated carbocycles. The molecule has 1 heterocycles. The molecular formula is C15H27N3. The van der Waals surface area contributed by atoms with E-state index in [0.717, 1.165) is 19.6 Å². The third-order valence-electron chi connectivity index (χ3n) is 4.41. The normalized spacial score (nSPS) is 18.6. The Labute approximate surface area is 111 Å². The minimum absolute atomic E-state index is 0.199. The molecule has 3 heteroatoms. The van der Waals surface area contributed by atoms with E-state index in [0.29, 0.717) is 5.41 Å². The Balaban J connectivity index is 1.81. The fourth-order valence-electron chi connectivity index (χ4n) is 2.95. The first-order chi connectivity index (χ1) is 8.58. The highest BCUT2D eigenvalue weighted by Crippen LogP contribution is 2.39. The van der Waals surface area contributed by atoms with Gasteiger partial charge in [0.05, 0.1) is 0 Å². The van der Waals surface area contributed by atoms with Crippen molar-refractivity contribution in [2.24, 2.45) is 5.41 Å². The van der Waals surface area contributed by atoms with Crippen LogP contribution in [0.3, 0.4) is 0 Å². The highest BCUT2D eigenvalue weighted by atomic mass is 14.9. The van der Waals surface area contributed by atoms with Crippen molar-refractivity contribution in [2.45, 2.75) is 38.5 Å². The van der Waals surface area contributed by atoms with Gasteiger partial charge in [-0.2, -0.15) is 0 Å². The van der Waals surface area contributed by atoms with Crippen molar-refractivity contribution < 1.29 is 0 Å². The summed E-state index contributed by atoms with van der Waals surface area (Å²) in [6.45, 7) is 7.92. The number of aromatic amines is 1. The molecule has 0 saturated heterocycles. The van der Waals surface area contributed by atoms with E-state index in [-0.39, 0.29) is 5.41 Å². The van der Waals surface area contributed by atoms with Crippen LogP contribution in [0.4, 0.5) is 0 Å². The zero-order chi connectivity index (χ0) is 13.1. The number of hydrogen-bond donors (Lipinski definition) is 3. The van der Waals surface area contributed by atoms with E-state index in [1.54, 1.807) is 0 Å². The summed E-state index contributed by atoms with van der Waals surface area (Å²) >= 11 is 0. The maximum absolute atomic E-state index is 3.69. The van der Waals surface area contributed by atoms with Gasteiger partial charge in [0.1, 0.15) is 0 Å². The molecule has 0 aliphatic heterocycles. The summed E-state index contributed by atoms with van der Waals surface area (Å²) < 4.78 is 0. The van der Waals surface area contributed by atoms with E-state index in [1.165, 1.54) is 24.8 Å². The predicted molar refractivity (Wildman–Crippen MR) is 76.9 cm³/mol. The molecular weight excluding hydrogens is 222 g/mol. The molecule has 1 aliphatic rings. The third kappa shape index (κ3) is 2.96. The molecule has 0 bridgehead atoms. The van der Waals surface area contributed by atoms with Crippen LogP contribution in [-0.4, -0.2) is 31.7 Å². The lowest BCUT2D eigenvalue weighted by atomic mass is 9.68. The van der Waals surface area contributed by atoms with Crippen LogP contribution in [0.15, 0.2) is 18.5 Å². The molecule has 2 rings (SSSR count). The maximum atomic E-state index is 3.69. The van der Waals surface area contributed by atoms with Gasteiger partial charge in [-0.3, -0.25) is 0 Å². The van der Waals surface area contributed by atoms with Crippen LogP contribution in [0.1, 0.15) is 38.7 Å². The van der Waals surface area contributed by atoms with Crippen molar-refractivity contribution >= 4 is 0 Å². The first kappa shape index (κ1) is 13.6. The number of nitrogens with one attached hydrogen (secondary N) is 3. The van der Waals surface area contributed by atoms with Gasteiger partial charge in [0.2, 0.25) is 0 Å². The molecule has 0 atom stereocenters. The zero-order valence-electron chi connectivity index (χ0n) is 12.0. The second-order valence-corrected chi connectivity index (χ2v) is 6.47. The summed E-state index contributed by atoms with van der Waals surface area (Å²) in [5, 5.41) is 7.03. The Morgan fingerprint density at radius 2 is 2.11 bits per heavy atom. The van der Waals surface area contributed by atoms with Gasteiger partial charge in [-0.15, -0.1) is 0 Å². The van der Waals surface area contributed by atoms with Gasteiger partial charge in [0, 0.05) is 37.4 Å². The lowest BCUT2D eigenvalue weighted by Crippen LogP contribution is -2.48. The number of hydrogen-bond acceptors (Lipinski definition) is 2. The van der Waals surface area contributed by atoms with E-state index >= 15 is 0 Å². The second-order valence-electron chi connectivity index (χ2n) is 6.47. The lowest BCUT2D eigenvalue weighted by Gasteiger charge is -2.43. The Bertz CT molecular complexity index is 350. The Hall–Kier alpha value is -0.800. The van der Waals surface area contributed by atoms with Crippen molar-refractivity contribution in [1.82, 2.24) is 15.6 Å². The molecule has 1 aromatic heterocycles. The van der Waals surface area contributed by atoms with E-state index in [1.807, 2.05) is 6.20 Å². The monoisotopic (exact) mass is 249 g/mol. The van der Waals surface area contributed by atoms with Gasteiger partial charge in [0.25, 0.3) is 0 Å². The summed E-state index contributed by atoms with van der Waals surface area (Å²) in [4.78, 5) is 3.15. The van der Waals surface area contributed by atoms with Gasteiger partial charge in [0.15, 0.2) is 0 Å². The summed E-state index contributed by atoms with van der Waals surface area (Å²) in [6.07, 6.45) is 8.24. The SMILES string of the molecule is CNCC1(CNCC(C)(C)c2cc[nH]c2)CCC1. The maximum Gasteiger partial charge on any atom is 0.00439 e.